The summed E-state index contributed by atoms with van der Waals surface area (Å²) in [6, 6.07) is 7.83. The summed E-state index contributed by atoms with van der Waals surface area (Å²) in [5.74, 6) is 1.60. The number of hydrogen-bond acceptors (Lipinski definition) is 3. The van der Waals surface area contributed by atoms with E-state index in [1.54, 1.807) is 13.2 Å². The Morgan fingerprint density at radius 1 is 1.25 bits per heavy atom. The van der Waals surface area contributed by atoms with Crippen molar-refractivity contribution in [1.82, 2.24) is 4.90 Å². The quantitative estimate of drug-likeness (QED) is 0.723. The van der Waals surface area contributed by atoms with E-state index >= 15 is 0 Å². The zero-order valence-corrected chi connectivity index (χ0v) is 13.1. The van der Waals surface area contributed by atoms with Crippen molar-refractivity contribution in [1.29, 1.82) is 5.26 Å². The number of ether oxygens (including phenoxy) is 1. The van der Waals surface area contributed by atoms with Crippen LogP contribution in [-0.4, -0.2) is 25.1 Å². The van der Waals surface area contributed by atoms with E-state index in [0.29, 0.717) is 5.56 Å². The second-order valence-corrected chi connectivity index (χ2v) is 5.15. The van der Waals surface area contributed by atoms with E-state index in [4.69, 9.17) is 10.00 Å². The Bertz CT molecular complexity index is 447. The Morgan fingerprint density at radius 2 is 1.95 bits per heavy atom. The van der Waals surface area contributed by atoms with Gasteiger partial charge in [0.1, 0.15) is 5.75 Å². The normalized spacial score (nSPS) is 10.8. The van der Waals surface area contributed by atoms with Crippen LogP contribution in [0.15, 0.2) is 18.2 Å². The highest BCUT2D eigenvalue weighted by Gasteiger charge is 2.13. The summed E-state index contributed by atoms with van der Waals surface area (Å²) >= 11 is 0. The van der Waals surface area contributed by atoms with Gasteiger partial charge >= 0.3 is 0 Å². The molecule has 0 unspecified atom stereocenters. The van der Waals surface area contributed by atoms with Crippen LogP contribution in [0.4, 0.5) is 0 Å². The average molecular weight is 274 g/mol. The molecule has 0 aromatic heterocycles. The van der Waals surface area contributed by atoms with Gasteiger partial charge in [0.05, 0.1) is 18.7 Å². The summed E-state index contributed by atoms with van der Waals surface area (Å²) < 4.78 is 5.41. The summed E-state index contributed by atoms with van der Waals surface area (Å²) in [7, 11) is 1.68. The van der Waals surface area contributed by atoms with Crippen LogP contribution in [0.2, 0.25) is 0 Å². The molecule has 1 rings (SSSR count). The minimum absolute atomic E-state index is 0.694. The number of nitriles is 1. The molecule has 20 heavy (non-hydrogen) atoms. The molecule has 0 aliphatic heterocycles. The molecule has 1 aromatic carbocycles. The lowest BCUT2D eigenvalue weighted by molar-refractivity contribution is 0.223. The maximum Gasteiger partial charge on any atom is 0.123 e. The third-order valence-electron chi connectivity index (χ3n) is 3.92. The van der Waals surface area contributed by atoms with Gasteiger partial charge in [-0.3, -0.25) is 4.90 Å². The van der Waals surface area contributed by atoms with E-state index in [1.807, 2.05) is 12.1 Å². The van der Waals surface area contributed by atoms with Crippen molar-refractivity contribution in [3.05, 3.63) is 29.3 Å². The molecule has 0 aliphatic rings. The lowest BCUT2D eigenvalue weighted by Gasteiger charge is -2.26. The number of methoxy groups -OCH3 is 1. The third-order valence-corrected chi connectivity index (χ3v) is 3.92. The Morgan fingerprint density at radius 3 is 2.45 bits per heavy atom. The van der Waals surface area contributed by atoms with Crippen molar-refractivity contribution >= 4 is 0 Å². The topological polar surface area (TPSA) is 36.3 Å². The maximum absolute atomic E-state index is 9.03. The number of nitrogens with zero attached hydrogens (tertiary/aromatic N) is 2. The predicted octanol–water partition coefficient (Wildman–Crippen LogP) is 3.82. The first-order valence-corrected chi connectivity index (χ1v) is 7.47. The highest BCUT2D eigenvalue weighted by molar-refractivity contribution is 5.42. The summed E-state index contributed by atoms with van der Waals surface area (Å²) in [6.45, 7) is 9.63. The molecule has 0 saturated carbocycles. The molecular weight excluding hydrogens is 248 g/mol. The standard InChI is InChI=1S/C17H26N2O/c1-5-14(6-2)12-19(7-3)13-16-10-15(11-18)8-9-17(16)20-4/h8-10,14H,5-7,12-13H2,1-4H3. The first kappa shape index (κ1) is 16.5. The Hall–Kier alpha value is -1.53. The largest absolute Gasteiger partial charge is 0.496 e. The lowest BCUT2D eigenvalue weighted by atomic mass is 10.0. The molecule has 3 nitrogen and oxygen atoms in total. The smallest absolute Gasteiger partial charge is 0.123 e. The van der Waals surface area contributed by atoms with Crippen molar-refractivity contribution in [2.45, 2.75) is 40.2 Å². The summed E-state index contributed by atoms with van der Waals surface area (Å²) in [4.78, 5) is 2.43. The van der Waals surface area contributed by atoms with Crippen molar-refractivity contribution in [2.24, 2.45) is 5.92 Å². The lowest BCUT2D eigenvalue weighted by Crippen LogP contribution is -2.29. The minimum Gasteiger partial charge on any atom is -0.496 e. The zero-order chi connectivity index (χ0) is 15.0. The van der Waals surface area contributed by atoms with E-state index < -0.39 is 0 Å². The number of hydrogen-bond donors (Lipinski definition) is 0. The van der Waals surface area contributed by atoms with E-state index in [9.17, 15) is 0 Å². The Labute approximate surface area is 123 Å². The van der Waals surface area contributed by atoms with Gasteiger partial charge < -0.3 is 4.74 Å². The average Bonchev–Trinajstić information content (AvgIpc) is 2.51. The summed E-state index contributed by atoms with van der Waals surface area (Å²) in [5.41, 5.74) is 1.79. The molecule has 3 heteroatoms. The van der Waals surface area contributed by atoms with Crippen LogP contribution in [-0.2, 0) is 6.54 Å². The highest BCUT2D eigenvalue weighted by Crippen LogP contribution is 2.22. The molecule has 0 atom stereocenters. The third kappa shape index (κ3) is 4.54. The number of benzene rings is 1. The molecule has 0 saturated heterocycles. The molecule has 1 aromatic rings. The van der Waals surface area contributed by atoms with E-state index in [2.05, 4.69) is 31.7 Å². The molecule has 0 amide bonds. The molecular formula is C17H26N2O. The van der Waals surface area contributed by atoms with Gasteiger partial charge in [0.25, 0.3) is 0 Å². The van der Waals surface area contributed by atoms with Crippen molar-refractivity contribution < 1.29 is 4.74 Å². The van der Waals surface area contributed by atoms with Gasteiger partial charge in [-0.2, -0.15) is 5.26 Å². The Balaban J connectivity index is 2.85. The van der Waals surface area contributed by atoms with Gasteiger partial charge in [0.2, 0.25) is 0 Å². The maximum atomic E-state index is 9.03. The molecule has 0 aliphatic carbocycles. The van der Waals surface area contributed by atoms with Crippen LogP contribution >= 0.6 is 0 Å². The van der Waals surface area contributed by atoms with Gasteiger partial charge in [0.15, 0.2) is 0 Å². The SMILES string of the molecule is CCC(CC)CN(CC)Cc1cc(C#N)ccc1OC. The van der Waals surface area contributed by atoms with Gasteiger partial charge in [-0.05, 0) is 30.7 Å². The molecule has 0 heterocycles. The molecule has 0 fully saturated rings. The predicted molar refractivity (Wildman–Crippen MR) is 82.7 cm³/mol. The summed E-state index contributed by atoms with van der Waals surface area (Å²) in [5, 5.41) is 9.03. The first-order chi connectivity index (χ1) is 9.68. The van der Waals surface area contributed by atoms with Gasteiger partial charge in [0, 0.05) is 18.7 Å². The van der Waals surface area contributed by atoms with Crippen LogP contribution in [0.5, 0.6) is 5.75 Å². The second kappa shape index (κ2) is 8.60. The zero-order valence-electron chi connectivity index (χ0n) is 13.1. The van der Waals surface area contributed by atoms with Crippen molar-refractivity contribution in [2.75, 3.05) is 20.2 Å². The van der Waals surface area contributed by atoms with Crippen LogP contribution < -0.4 is 4.74 Å². The van der Waals surface area contributed by atoms with Crippen LogP contribution in [0.3, 0.4) is 0 Å². The Kier molecular flexibility index (Phi) is 7.11. The first-order valence-electron chi connectivity index (χ1n) is 7.47. The van der Waals surface area contributed by atoms with Crippen LogP contribution in [0.1, 0.15) is 44.7 Å². The molecule has 0 spiro atoms. The molecule has 0 radical (unpaired) electrons. The fraction of sp³-hybridized carbons (Fsp3) is 0.588. The monoisotopic (exact) mass is 274 g/mol. The molecule has 0 bridgehead atoms. The van der Waals surface area contributed by atoms with Gasteiger partial charge in [-0.15, -0.1) is 0 Å². The van der Waals surface area contributed by atoms with E-state index in [-0.39, 0.29) is 0 Å². The summed E-state index contributed by atoms with van der Waals surface area (Å²) in [6.07, 6.45) is 2.42. The fourth-order valence-corrected chi connectivity index (χ4v) is 2.43. The van der Waals surface area contributed by atoms with E-state index in [1.165, 1.54) is 12.8 Å². The van der Waals surface area contributed by atoms with Gasteiger partial charge in [-0.25, -0.2) is 0 Å². The second-order valence-electron chi connectivity index (χ2n) is 5.15. The van der Waals surface area contributed by atoms with Gasteiger partial charge in [-0.1, -0.05) is 33.6 Å². The number of rotatable bonds is 8. The molecule has 0 N–H and O–H groups in total. The van der Waals surface area contributed by atoms with E-state index in [0.717, 1.165) is 36.9 Å². The molecule has 110 valence electrons. The van der Waals surface area contributed by atoms with Crippen LogP contribution in [0.25, 0.3) is 0 Å². The highest BCUT2D eigenvalue weighted by atomic mass is 16.5. The van der Waals surface area contributed by atoms with Crippen molar-refractivity contribution in [3.8, 4) is 11.8 Å². The van der Waals surface area contributed by atoms with Crippen molar-refractivity contribution in [3.63, 3.8) is 0 Å². The van der Waals surface area contributed by atoms with Crippen LogP contribution in [0, 0.1) is 17.2 Å². The fourth-order valence-electron chi connectivity index (χ4n) is 2.43. The minimum atomic E-state index is 0.694.